The van der Waals surface area contributed by atoms with Crippen molar-refractivity contribution in [2.24, 2.45) is 0 Å². The van der Waals surface area contributed by atoms with Crippen molar-refractivity contribution in [3.05, 3.63) is 0 Å². The molecule has 0 aromatic rings. The summed E-state index contributed by atoms with van der Waals surface area (Å²) in [6, 6.07) is 0. The van der Waals surface area contributed by atoms with Crippen LogP contribution in [0.25, 0.3) is 0 Å². The molecule has 15 heavy (non-hydrogen) atoms. The lowest BCUT2D eigenvalue weighted by atomic mass is 10.5. The number of rotatable bonds is 7. The number of alkyl halides is 3. The monoisotopic (exact) mass is 296 g/mol. The number of halogens is 3. The zero-order valence-electron chi connectivity index (χ0n) is 8.95. The molecule has 0 saturated carbocycles. The van der Waals surface area contributed by atoms with E-state index < -0.39 is 23.8 Å². The smallest absolute Gasteiger partial charge is 0.288 e. The van der Waals surface area contributed by atoms with Gasteiger partial charge in [0.1, 0.15) is 16.2 Å². The van der Waals surface area contributed by atoms with Crippen LogP contribution in [0.15, 0.2) is 0 Å². The minimum absolute atomic E-state index is 0.454. The van der Waals surface area contributed by atoms with Crippen LogP contribution in [-0.4, -0.2) is 16.2 Å². The summed E-state index contributed by atoms with van der Waals surface area (Å²) in [5, 5.41) is -0.730. The average molecular weight is 298 g/mol. The fraction of sp³-hybridized carbons (Fsp3) is 1.00. The highest BCUT2D eigenvalue weighted by atomic mass is 35.5. The SMILES string of the molecule is CCC(Cl)OP(=O)(OC(C)Cl)C(Cl)CC. The molecular weight excluding hydrogens is 281 g/mol. The summed E-state index contributed by atoms with van der Waals surface area (Å²) >= 11 is 17.3. The molecule has 0 aliphatic carbocycles. The first-order chi connectivity index (χ1) is 6.85. The molecule has 0 aliphatic heterocycles. The summed E-state index contributed by atoms with van der Waals surface area (Å²) in [5.41, 5.74) is -1.41. The Morgan fingerprint density at radius 2 is 1.67 bits per heavy atom. The Labute approximate surface area is 106 Å². The fourth-order valence-corrected chi connectivity index (χ4v) is 3.39. The van der Waals surface area contributed by atoms with E-state index >= 15 is 0 Å². The van der Waals surface area contributed by atoms with Crippen molar-refractivity contribution in [2.75, 3.05) is 0 Å². The van der Waals surface area contributed by atoms with Crippen LogP contribution in [0.5, 0.6) is 0 Å². The van der Waals surface area contributed by atoms with Crippen molar-refractivity contribution in [3.8, 4) is 0 Å². The van der Waals surface area contributed by atoms with E-state index in [0.717, 1.165) is 0 Å². The Balaban J connectivity index is 4.62. The third-order valence-electron chi connectivity index (χ3n) is 1.55. The maximum Gasteiger partial charge on any atom is 0.351 e. The van der Waals surface area contributed by atoms with Crippen molar-refractivity contribution in [1.82, 2.24) is 0 Å². The molecule has 92 valence electrons. The van der Waals surface area contributed by atoms with Gasteiger partial charge in [-0.25, -0.2) is 0 Å². The third kappa shape index (κ3) is 5.76. The summed E-state index contributed by atoms with van der Waals surface area (Å²) in [4.78, 5) is 0. The molecule has 0 N–H and O–H groups in total. The van der Waals surface area contributed by atoms with Gasteiger partial charge in [0.2, 0.25) is 0 Å². The number of hydrogen-bond acceptors (Lipinski definition) is 3. The van der Waals surface area contributed by atoms with Crippen molar-refractivity contribution >= 4 is 42.4 Å². The minimum Gasteiger partial charge on any atom is -0.288 e. The van der Waals surface area contributed by atoms with Gasteiger partial charge in [-0.15, -0.1) is 11.6 Å². The summed E-state index contributed by atoms with van der Waals surface area (Å²) < 4.78 is 22.4. The second kappa shape index (κ2) is 7.37. The highest BCUT2D eigenvalue weighted by Crippen LogP contribution is 2.58. The predicted octanol–water partition coefficient (Wildman–Crippen LogP) is 4.75. The van der Waals surface area contributed by atoms with E-state index in [0.29, 0.717) is 12.8 Å². The van der Waals surface area contributed by atoms with Crippen LogP contribution in [0.1, 0.15) is 33.6 Å². The molecule has 0 fully saturated rings. The van der Waals surface area contributed by atoms with E-state index in [-0.39, 0.29) is 0 Å². The van der Waals surface area contributed by atoms with Gasteiger partial charge in [0.25, 0.3) is 0 Å². The molecule has 4 atom stereocenters. The van der Waals surface area contributed by atoms with Gasteiger partial charge < -0.3 is 0 Å². The highest BCUT2D eigenvalue weighted by Gasteiger charge is 2.36. The molecule has 0 bridgehead atoms. The lowest BCUT2D eigenvalue weighted by Crippen LogP contribution is -2.13. The maximum atomic E-state index is 12.2. The van der Waals surface area contributed by atoms with E-state index in [4.69, 9.17) is 43.9 Å². The molecule has 7 heteroatoms. The van der Waals surface area contributed by atoms with Gasteiger partial charge in [0.05, 0.1) is 0 Å². The molecular formula is C8H16Cl3O3P. The number of hydrogen-bond donors (Lipinski definition) is 0. The maximum absolute atomic E-state index is 12.2. The van der Waals surface area contributed by atoms with Crippen molar-refractivity contribution < 1.29 is 13.6 Å². The Morgan fingerprint density at radius 1 is 1.13 bits per heavy atom. The second-order valence-corrected chi connectivity index (χ2v) is 7.01. The largest absolute Gasteiger partial charge is 0.351 e. The summed E-state index contributed by atoms with van der Waals surface area (Å²) in [6.07, 6.45) is 0.967. The Morgan fingerprint density at radius 3 is 2.00 bits per heavy atom. The molecule has 3 nitrogen and oxygen atoms in total. The molecule has 0 saturated heterocycles. The van der Waals surface area contributed by atoms with E-state index in [1.165, 1.54) is 0 Å². The lowest BCUT2D eigenvalue weighted by Gasteiger charge is -2.24. The summed E-state index contributed by atoms with van der Waals surface area (Å²) in [5.74, 6) is 0. The Hall–Kier alpha value is 1.02. The lowest BCUT2D eigenvalue weighted by molar-refractivity contribution is 0.177. The third-order valence-corrected chi connectivity index (χ3v) is 5.53. The summed E-state index contributed by atoms with van der Waals surface area (Å²) in [7, 11) is -3.44. The average Bonchev–Trinajstić information content (AvgIpc) is 2.14. The van der Waals surface area contributed by atoms with Gasteiger partial charge >= 0.3 is 7.60 Å². The van der Waals surface area contributed by atoms with Crippen molar-refractivity contribution in [2.45, 2.75) is 49.9 Å². The highest BCUT2D eigenvalue weighted by molar-refractivity contribution is 7.56. The topological polar surface area (TPSA) is 35.5 Å². The molecule has 0 amide bonds. The van der Waals surface area contributed by atoms with Crippen molar-refractivity contribution in [1.29, 1.82) is 0 Å². The van der Waals surface area contributed by atoms with E-state index in [9.17, 15) is 4.57 Å². The Kier molecular flexibility index (Phi) is 7.87. The normalized spacial score (nSPS) is 21.7. The predicted molar refractivity (Wildman–Crippen MR) is 65.0 cm³/mol. The van der Waals surface area contributed by atoms with Gasteiger partial charge in [-0.05, 0) is 19.8 Å². The first-order valence-corrected chi connectivity index (χ1v) is 7.66. The van der Waals surface area contributed by atoms with Crippen LogP contribution in [0.2, 0.25) is 0 Å². The standard InChI is InChI=1S/C8H16Cl3O3P/c1-4-7(10)14-15(12,8(11)5-2)13-6(3)9/h6-8H,4-5H2,1-3H3. The molecule has 0 aromatic heterocycles. The summed E-state index contributed by atoms with van der Waals surface area (Å²) in [6.45, 7) is 5.14. The van der Waals surface area contributed by atoms with Crippen LogP contribution in [0, 0.1) is 0 Å². The van der Waals surface area contributed by atoms with Gasteiger partial charge in [-0.2, -0.15) is 0 Å². The van der Waals surface area contributed by atoms with E-state index in [1.54, 1.807) is 20.8 Å². The van der Waals surface area contributed by atoms with Gasteiger partial charge in [0.15, 0.2) is 0 Å². The van der Waals surface area contributed by atoms with E-state index in [1.807, 2.05) is 0 Å². The van der Waals surface area contributed by atoms with Crippen LogP contribution in [0.3, 0.4) is 0 Å². The van der Waals surface area contributed by atoms with E-state index in [2.05, 4.69) is 0 Å². The van der Waals surface area contributed by atoms with Crippen molar-refractivity contribution in [3.63, 3.8) is 0 Å². The minimum atomic E-state index is -3.44. The fourth-order valence-electron chi connectivity index (χ4n) is 0.817. The first kappa shape index (κ1) is 16.0. The molecule has 4 unspecified atom stereocenters. The zero-order chi connectivity index (χ0) is 12.1. The van der Waals surface area contributed by atoms with Gasteiger partial charge in [-0.3, -0.25) is 13.6 Å². The first-order valence-electron chi connectivity index (χ1n) is 4.74. The molecule has 0 rings (SSSR count). The quantitative estimate of drug-likeness (QED) is 0.502. The van der Waals surface area contributed by atoms with Gasteiger partial charge in [-0.1, -0.05) is 37.0 Å². The van der Waals surface area contributed by atoms with Crippen LogP contribution < -0.4 is 0 Å². The molecule has 0 heterocycles. The molecule has 0 radical (unpaired) electrons. The molecule has 0 aromatic carbocycles. The molecule has 0 spiro atoms. The molecule has 0 aliphatic rings. The van der Waals surface area contributed by atoms with Crippen LogP contribution in [-0.2, 0) is 13.6 Å². The van der Waals surface area contributed by atoms with Crippen LogP contribution in [0.4, 0.5) is 0 Å². The van der Waals surface area contributed by atoms with Gasteiger partial charge in [0, 0.05) is 0 Å². The van der Waals surface area contributed by atoms with Crippen LogP contribution >= 0.6 is 42.4 Å². The second-order valence-electron chi connectivity index (χ2n) is 2.95. The zero-order valence-corrected chi connectivity index (χ0v) is 12.1. The Bertz CT molecular complexity index is 225.